The van der Waals surface area contributed by atoms with E-state index in [1.54, 1.807) is 6.07 Å². The Hall–Kier alpha value is -1.55. The van der Waals surface area contributed by atoms with Gasteiger partial charge in [-0.1, -0.05) is 19.4 Å². The van der Waals surface area contributed by atoms with E-state index in [1.807, 2.05) is 26.2 Å². The van der Waals surface area contributed by atoms with Crippen LogP contribution >= 0.6 is 0 Å². The highest BCUT2D eigenvalue weighted by Gasteiger charge is 2.06. The molecule has 0 spiro atoms. The summed E-state index contributed by atoms with van der Waals surface area (Å²) in [6.45, 7) is 3.13. The van der Waals surface area contributed by atoms with Crippen molar-refractivity contribution < 1.29 is 9.53 Å². The second-order valence-electron chi connectivity index (χ2n) is 4.65. The van der Waals surface area contributed by atoms with Crippen molar-refractivity contribution in [3.05, 3.63) is 29.3 Å². The number of hydrogen-bond acceptors (Lipinski definition) is 3. The molecule has 100 valence electrons. The second-order valence-corrected chi connectivity index (χ2v) is 4.65. The maximum Gasteiger partial charge on any atom is 0.409 e. The number of aryl methyl sites for hydroxylation is 1. The molecule has 0 bridgehead atoms. The second kappa shape index (κ2) is 7.01. The molecule has 1 aromatic rings. The Bertz CT molecular complexity index is 403. The van der Waals surface area contributed by atoms with Gasteiger partial charge in [0.05, 0.1) is 0 Å². The van der Waals surface area contributed by atoms with Crippen LogP contribution in [0.25, 0.3) is 0 Å². The molecule has 1 amide bonds. The number of rotatable bonds is 6. The van der Waals surface area contributed by atoms with Crippen molar-refractivity contribution in [1.29, 1.82) is 0 Å². The summed E-state index contributed by atoms with van der Waals surface area (Å²) >= 11 is 0. The van der Waals surface area contributed by atoms with E-state index in [-0.39, 0.29) is 0 Å². The van der Waals surface area contributed by atoms with Gasteiger partial charge in [0.2, 0.25) is 0 Å². The fraction of sp³-hybridized carbons (Fsp3) is 0.500. The molecule has 0 heterocycles. The molecule has 0 unspecified atom stereocenters. The number of carbonyl (C=O) groups excluding carboxylic acids is 1. The zero-order chi connectivity index (χ0) is 13.5. The van der Waals surface area contributed by atoms with Gasteiger partial charge in [0.25, 0.3) is 0 Å². The largest absolute Gasteiger partial charge is 0.410 e. The summed E-state index contributed by atoms with van der Waals surface area (Å²) in [6, 6.07) is 5.74. The van der Waals surface area contributed by atoms with Crippen LogP contribution in [0.5, 0.6) is 5.75 Å². The topological polar surface area (TPSA) is 55.6 Å². The van der Waals surface area contributed by atoms with Crippen molar-refractivity contribution >= 4 is 6.09 Å². The Kier molecular flexibility index (Phi) is 5.65. The maximum absolute atomic E-state index is 10.7. The number of nitrogens with zero attached hydrogens (tertiary/aromatic N) is 1. The van der Waals surface area contributed by atoms with E-state index in [4.69, 9.17) is 10.5 Å². The first kappa shape index (κ1) is 14.5. The molecule has 0 aromatic heterocycles. The summed E-state index contributed by atoms with van der Waals surface area (Å²) in [4.78, 5) is 12.9. The summed E-state index contributed by atoms with van der Waals surface area (Å²) < 4.78 is 4.92. The van der Waals surface area contributed by atoms with Gasteiger partial charge in [0.1, 0.15) is 5.75 Å². The van der Waals surface area contributed by atoms with Crippen LogP contribution < -0.4 is 10.5 Å². The highest BCUT2D eigenvalue weighted by molar-refractivity contribution is 5.68. The molecule has 0 saturated carbocycles. The molecule has 0 radical (unpaired) electrons. The standard InChI is InChI=1S/C14H22N2O2/c1-4-5-11-6-7-13(18-14(15)17)10-12(11)8-9-16(2)3/h6-7,10H,4-5,8-9H2,1-3H3,(H2,15,17). The van der Waals surface area contributed by atoms with E-state index < -0.39 is 6.09 Å². The third-order valence-corrected chi connectivity index (χ3v) is 2.74. The lowest BCUT2D eigenvalue weighted by atomic mass is 10.00. The first-order valence-corrected chi connectivity index (χ1v) is 6.26. The predicted molar refractivity (Wildman–Crippen MR) is 72.9 cm³/mol. The molecule has 0 aliphatic heterocycles. The molecule has 0 aliphatic carbocycles. The number of primary amides is 1. The van der Waals surface area contributed by atoms with Gasteiger partial charge < -0.3 is 15.4 Å². The SMILES string of the molecule is CCCc1ccc(OC(N)=O)cc1CCN(C)C. The monoisotopic (exact) mass is 250 g/mol. The van der Waals surface area contributed by atoms with Crippen LogP contribution in [-0.2, 0) is 12.8 Å². The van der Waals surface area contributed by atoms with Crippen LogP contribution in [0.4, 0.5) is 4.79 Å². The molecule has 1 rings (SSSR count). The van der Waals surface area contributed by atoms with Crippen molar-refractivity contribution in [2.45, 2.75) is 26.2 Å². The molecule has 4 nitrogen and oxygen atoms in total. The molecule has 0 fully saturated rings. The summed E-state index contributed by atoms with van der Waals surface area (Å²) in [7, 11) is 4.09. The van der Waals surface area contributed by atoms with Crippen molar-refractivity contribution in [2.75, 3.05) is 20.6 Å². The Morgan fingerprint density at radius 2 is 2.00 bits per heavy atom. The minimum absolute atomic E-state index is 0.524. The maximum atomic E-state index is 10.7. The van der Waals surface area contributed by atoms with Crippen molar-refractivity contribution in [3.8, 4) is 5.75 Å². The zero-order valence-electron chi connectivity index (χ0n) is 11.4. The first-order valence-electron chi connectivity index (χ1n) is 6.26. The number of amides is 1. The highest BCUT2D eigenvalue weighted by Crippen LogP contribution is 2.20. The Morgan fingerprint density at radius 1 is 1.28 bits per heavy atom. The molecule has 0 saturated heterocycles. The third kappa shape index (κ3) is 4.75. The molecular formula is C14H22N2O2. The quantitative estimate of drug-likeness (QED) is 0.842. The Balaban J connectivity index is 2.88. The molecular weight excluding hydrogens is 228 g/mol. The Morgan fingerprint density at radius 3 is 2.56 bits per heavy atom. The van der Waals surface area contributed by atoms with Gasteiger partial charge in [0, 0.05) is 6.54 Å². The number of benzene rings is 1. The lowest BCUT2D eigenvalue weighted by molar-refractivity contribution is 0.211. The van der Waals surface area contributed by atoms with Gasteiger partial charge in [-0.05, 0) is 50.2 Å². The van der Waals surface area contributed by atoms with Gasteiger partial charge >= 0.3 is 6.09 Å². The van der Waals surface area contributed by atoms with E-state index in [0.29, 0.717) is 5.75 Å². The van der Waals surface area contributed by atoms with Crippen LogP contribution in [-0.4, -0.2) is 31.6 Å². The van der Waals surface area contributed by atoms with Crippen LogP contribution in [0.1, 0.15) is 24.5 Å². The summed E-state index contributed by atoms with van der Waals surface area (Å²) in [5.41, 5.74) is 7.57. The lowest BCUT2D eigenvalue weighted by Gasteiger charge is -2.14. The predicted octanol–water partition coefficient (Wildman–Crippen LogP) is 2.20. The Labute approximate surface area is 109 Å². The van der Waals surface area contributed by atoms with Crippen molar-refractivity contribution in [2.24, 2.45) is 5.73 Å². The van der Waals surface area contributed by atoms with Gasteiger partial charge in [-0.2, -0.15) is 0 Å². The van der Waals surface area contributed by atoms with Gasteiger partial charge in [-0.15, -0.1) is 0 Å². The number of hydrogen-bond donors (Lipinski definition) is 1. The lowest BCUT2D eigenvalue weighted by Crippen LogP contribution is -2.17. The number of carbonyl (C=O) groups is 1. The average molecular weight is 250 g/mol. The average Bonchev–Trinajstić information content (AvgIpc) is 2.28. The van der Waals surface area contributed by atoms with E-state index in [0.717, 1.165) is 25.8 Å². The van der Waals surface area contributed by atoms with E-state index in [2.05, 4.69) is 11.8 Å². The molecule has 1 aromatic carbocycles. The molecule has 18 heavy (non-hydrogen) atoms. The summed E-state index contributed by atoms with van der Waals surface area (Å²) in [6.07, 6.45) is 2.32. The summed E-state index contributed by atoms with van der Waals surface area (Å²) in [5, 5.41) is 0. The smallest absolute Gasteiger partial charge is 0.409 e. The molecule has 0 aliphatic rings. The fourth-order valence-corrected chi connectivity index (χ4v) is 1.87. The summed E-state index contributed by atoms with van der Waals surface area (Å²) in [5.74, 6) is 0.524. The van der Waals surface area contributed by atoms with Gasteiger partial charge in [0.15, 0.2) is 0 Å². The molecule has 2 N–H and O–H groups in total. The third-order valence-electron chi connectivity index (χ3n) is 2.74. The van der Waals surface area contributed by atoms with Crippen LogP contribution in [0.2, 0.25) is 0 Å². The van der Waals surface area contributed by atoms with E-state index in [1.165, 1.54) is 11.1 Å². The van der Waals surface area contributed by atoms with Crippen molar-refractivity contribution in [3.63, 3.8) is 0 Å². The van der Waals surface area contributed by atoms with Gasteiger partial charge in [-0.3, -0.25) is 0 Å². The fourth-order valence-electron chi connectivity index (χ4n) is 1.87. The molecule has 4 heteroatoms. The molecule has 0 atom stereocenters. The van der Waals surface area contributed by atoms with Crippen LogP contribution in [0.15, 0.2) is 18.2 Å². The zero-order valence-corrected chi connectivity index (χ0v) is 11.4. The minimum Gasteiger partial charge on any atom is -0.410 e. The normalized spacial score (nSPS) is 10.7. The number of ether oxygens (including phenoxy) is 1. The van der Waals surface area contributed by atoms with Gasteiger partial charge in [-0.25, -0.2) is 4.79 Å². The number of nitrogens with two attached hydrogens (primary N) is 1. The minimum atomic E-state index is -0.767. The number of likely N-dealkylation sites (N-methyl/N-ethyl adjacent to an activating group) is 1. The van der Waals surface area contributed by atoms with Crippen molar-refractivity contribution in [1.82, 2.24) is 4.90 Å². The van der Waals surface area contributed by atoms with E-state index in [9.17, 15) is 4.79 Å². The van der Waals surface area contributed by atoms with E-state index >= 15 is 0 Å². The first-order chi connectivity index (χ1) is 8.52. The van der Waals surface area contributed by atoms with Crippen LogP contribution in [0, 0.1) is 0 Å². The van der Waals surface area contributed by atoms with Crippen LogP contribution in [0.3, 0.4) is 0 Å². The highest BCUT2D eigenvalue weighted by atomic mass is 16.5.